The minimum atomic E-state index is -0.317. The molecule has 0 aliphatic heterocycles. The standard InChI is InChI=1S/C23H18FN3O2S/c24-19-11-9-17(10-12-19)20-15-30-23(25-13-16-5-2-1-3-6-16)27(20)26-14-18-7-4-8-21(28)22(18)29/h1-12,14-15,28-29H,13H2. The van der Waals surface area contributed by atoms with Gasteiger partial charge in [-0.05, 0) is 42.0 Å². The van der Waals surface area contributed by atoms with Crippen LogP contribution in [0.3, 0.4) is 0 Å². The highest BCUT2D eigenvalue weighted by Crippen LogP contribution is 2.27. The fourth-order valence-corrected chi connectivity index (χ4v) is 3.69. The first kappa shape index (κ1) is 19.6. The van der Waals surface area contributed by atoms with Gasteiger partial charge in [0.25, 0.3) is 0 Å². The van der Waals surface area contributed by atoms with Gasteiger partial charge in [0.15, 0.2) is 11.5 Å². The number of thiazole rings is 1. The van der Waals surface area contributed by atoms with Crippen molar-refractivity contribution in [3.8, 4) is 22.8 Å². The summed E-state index contributed by atoms with van der Waals surface area (Å²) in [7, 11) is 0. The van der Waals surface area contributed by atoms with E-state index >= 15 is 0 Å². The molecule has 0 aliphatic rings. The zero-order valence-corrected chi connectivity index (χ0v) is 16.6. The van der Waals surface area contributed by atoms with Gasteiger partial charge in [-0.15, -0.1) is 11.3 Å². The maximum Gasteiger partial charge on any atom is 0.206 e. The van der Waals surface area contributed by atoms with Crippen LogP contribution in [0.25, 0.3) is 11.3 Å². The molecule has 7 heteroatoms. The minimum Gasteiger partial charge on any atom is -0.504 e. The van der Waals surface area contributed by atoms with Gasteiger partial charge in [-0.1, -0.05) is 36.4 Å². The van der Waals surface area contributed by atoms with Crippen LogP contribution in [0.4, 0.5) is 4.39 Å². The number of halogens is 1. The summed E-state index contributed by atoms with van der Waals surface area (Å²) in [6.07, 6.45) is 1.45. The van der Waals surface area contributed by atoms with E-state index in [1.165, 1.54) is 35.8 Å². The first-order chi connectivity index (χ1) is 14.6. The number of phenolic OH excluding ortho intramolecular Hbond substituents is 2. The second-order valence-electron chi connectivity index (χ2n) is 6.48. The fraction of sp³-hybridized carbons (Fsp3) is 0.0435. The highest BCUT2D eigenvalue weighted by molar-refractivity contribution is 7.07. The van der Waals surface area contributed by atoms with Gasteiger partial charge in [0.2, 0.25) is 4.80 Å². The number of hydrogen-bond donors (Lipinski definition) is 2. The van der Waals surface area contributed by atoms with Crippen LogP contribution in [0, 0.1) is 5.82 Å². The molecule has 0 aliphatic carbocycles. The number of aromatic hydroxyl groups is 2. The number of hydrogen-bond acceptors (Lipinski definition) is 5. The lowest BCUT2D eigenvalue weighted by atomic mass is 10.2. The first-order valence-corrected chi connectivity index (χ1v) is 10.1. The second-order valence-corrected chi connectivity index (χ2v) is 7.32. The average Bonchev–Trinajstić information content (AvgIpc) is 3.17. The molecule has 3 aromatic carbocycles. The van der Waals surface area contributed by atoms with Gasteiger partial charge in [0, 0.05) is 16.5 Å². The Hall–Kier alpha value is -3.71. The van der Waals surface area contributed by atoms with E-state index in [0.29, 0.717) is 16.9 Å². The molecule has 0 radical (unpaired) electrons. The Labute approximate surface area is 176 Å². The van der Waals surface area contributed by atoms with Crippen LogP contribution in [-0.2, 0) is 6.54 Å². The summed E-state index contributed by atoms with van der Waals surface area (Å²) < 4.78 is 15.0. The van der Waals surface area contributed by atoms with Crippen LogP contribution in [0.5, 0.6) is 11.5 Å². The molecule has 0 saturated carbocycles. The maximum absolute atomic E-state index is 13.4. The summed E-state index contributed by atoms with van der Waals surface area (Å²) in [5, 5.41) is 26.2. The zero-order valence-electron chi connectivity index (χ0n) is 15.8. The topological polar surface area (TPSA) is 70.1 Å². The summed E-state index contributed by atoms with van der Waals surface area (Å²) in [5.41, 5.74) is 2.96. The van der Waals surface area contributed by atoms with E-state index in [0.717, 1.165) is 16.8 Å². The van der Waals surface area contributed by atoms with Gasteiger partial charge in [-0.25, -0.2) is 9.07 Å². The quantitative estimate of drug-likeness (QED) is 0.362. The van der Waals surface area contributed by atoms with Gasteiger partial charge < -0.3 is 10.2 Å². The summed E-state index contributed by atoms with van der Waals surface area (Å²) in [6, 6.07) is 20.7. The van der Waals surface area contributed by atoms with Crippen LogP contribution in [-0.4, -0.2) is 21.1 Å². The van der Waals surface area contributed by atoms with Crippen molar-refractivity contribution in [1.29, 1.82) is 0 Å². The molecule has 1 heterocycles. The van der Waals surface area contributed by atoms with Gasteiger partial charge in [0.05, 0.1) is 18.5 Å². The predicted molar refractivity (Wildman–Crippen MR) is 116 cm³/mol. The second kappa shape index (κ2) is 8.75. The molecule has 0 spiro atoms. The number of para-hydroxylation sites is 1. The van der Waals surface area contributed by atoms with Crippen LogP contribution in [0.2, 0.25) is 0 Å². The molecule has 0 saturated heterocycles. The van der Waals surface area contributed by atoms with Crippen molar-refractivity contribution >= 4 is 17.6 Å². The van der Waals surface area contributed by atoms with Crippen molar-refractivity contribution in [3.05, 3.63) is 99.9 Å². The van der Waals surface area contributed by atoms with Gasteiger partial charge in [-0.2, -0.15) is 5.10 Å². The highest BCUT2D eigenvalue weighted by Gasteiger charge is 2.09. The molecule has 150 valence electrons. The number of phenols is 2. The maximum atomic E-state index is 13.4. The number of nitrogens with zero attached hydrogens (tertiary/aromatic N) is 3. The lowest BCUT2D eigenvalue weighted by Gasteiger charge is -2.05. The Morgan fingerprint density at radius 1 is 0.933 bits per heavy atom. The monoisotopic (exact) mass is 419 g/mol. The summed E-state index contributed by atoms with van der Waals surface area (Å²) in [4.78, 5) is 5.32. The first-order valence-electron chi connectivity index (χ1n) is 9.18. The van der Waals surface area contributed by atoms with Crippen molar-refractivity contribution in [3.63, 3.8) is 0 Å². The summed E-state index contributed by atoms with van der Waals surface area (Å²) in [6.45, 7) is 0.483. The number of aromatic nitrogens is 1. The average molecular weight is 419 g/mol. The van der Waals surface area contributed by atoms with E-state index in [1.807, 2.05) is 35.7 Å². The van der Waals surface area contributed by atoms with Crippen molar-refractivity contribution in [2.75, 3.05) is 0 Å². The molecule has 0 atom stereocenters. The van der Waals surface area contributed by atoms with Crippen LogP contribution in [0.1, 0.15) is 11.1 Å². The minimum absolute atomic E-state index is 0.220. The Morgan fingerprint density at radius 2 is 1.70 bits per heavy atom. The fourth-order valence-electron chi connectivity index (χ4n) is 2.85. The number of rotatable bonds is 5. The normalized spacial score (nSPS) is 12.0. The van der Waals surface area contributed by atoms with Gasteiger partial charge in [-0.3, -0.25) is 4.99 Å². The Kier molecular flexibility index (Phi) is 5.72. The van der Waals surface area contributed by atoms with Crippen LogP contribution in [0.15, 0.2) is 88.3 Å². The molecule has 0 unspecified atom stereocenters. The van der Waals surface area contributed by atoms with Crippen LogP contribution < -0.4 is 4.80 Å². The molecule has 0 fully saturated rings. The zero-order chi connectivity index (χ0) is 20.9. The molecule has 30 heavy (non-hydrogen) atoms. The molecular weight excluding hydrogens is 401 g/mol. The molecule has 4 rings (SSSR count). The highest BCUT2D eigenvalue weighted by atomic mass is 32.1. The van der Waals surface area contributed by atoms with Crippen molar-refractivity contribution in [2.45, 2.75) is 6.54 Å². The lowest BCUT2D eigenvalue weighted by Crippen LogP contribution is -2.12. The molecule has 4 aromatic rings. The van der Waals surface area contributed by atoms with E-state index in [2.05, 4.69) is 10.1 Å². The summed E-state index contributed by atoms with van der Waals surface area (Å²) in [5.74, 6) is -0.784. The molecule has 0 bridgehead atoms. The van der Waals surface area contributed by atoms with E-state index in [4.69, 9.17) is 0 Å². The molecular formula is C23H18FN3O2S. The van der Waals surface area contributed by atoms with E-state index in [9.17, 15) is 14.6 Å². The molecule has 5 nitrogen and oxygen atoms in total. The molecule has 0 amide bonds. The molecule has 1 aromatic heterocycles. The lowest BCUT2D eigenvalue weighted by molar-refractivity contribution is 0.403. The van der Waals surface area contributed by atoms with E-state index in [-0.39, 0.29) is 17.3 Å². The third-order valence-electron chi connectivity index (χ3n) is 4.42. The largest absolute Gasteiger partial charge is 0.504 e. The third-order valence-corrected chi connectivity index (χ3v) is 5.28. The van der Waals surface area contributed by atoms with Gasteiger partial charge in [0.1, 0.15) is 5.82 Å². The molecule has 2 N–H and O–H groups in total. The summed E-state index contributed by atoms with van der Waals surface area (Å²) >= 11 is 1.41. The SMILES string of the molecule is Oc1cccc(C=Nn2c(-c3ccc(F)cc3)csc2=NCc2ccccc2)c1O. The Balaban J connectivity index is 1.78. The van der Waals surface area contributed by atoms with Crippen LogP contribution >= 0.6 is 11.3 Å². The third kappa shape index (κ3) is 4.31. The van der Waals surface area contributed by atoms with Crippen molar-refractivity contribution < 1.29 is 14.6 Å². The smallest absolute Gasteiger partial charge is 0.206 e. The predicted octanol–water partition coefficient (Wildman–Crippen LogP) is 4.75. The van der Waals surface area contributed by atoms with Crippen molar-refractivity contribution in [1.82, 2.24) is 4.68 Å². The Bertz CT molecular complexity index is 1250. The van der Waals surface area contributed by atoms with Gasteiger partial charge >= 0.3 is 0 Å². The van der Waals surface area contributed by atoms with E-state index in [1.54, 1.807) is 28.9 Å². The Morgan fingerprint density at radius 3 is 2.47 bits per heavy atom. The van der Waals surface area contributed by atoms with E-state index < -0.39 is 0 Å². The number of benzene rings is 3. The van der Waals surface area contributed by atoms with Crippen molar-refractivity contribution in [2.24, 2.45) is 10.1 Å².